The number of carbonyl (C=O) groups excluding carboxylic acids is 1. The highest BCUT2D eigenvalue weighted by molar-refractivity contribution is 5.78. The van der Waals surface area contributed by atoms with E-state index >= 15 is 0 Å². The minimum atomic E-state index is -4.21. The molecule has 4 nitrogen and oxygen atoms in total. The second kappa shape index (κ2) is 7.64. The van der Waals surface area contributed by atoms with Crippen LogP contribution in [-0.2, 0) is 4.79 Å². The number of halogens is 3. The van der Waals surface area contributed by atoms with Gasteiger partial charge in [-0.15, -0.1) is 0 Å². The van der Waals surface area contributed by atoms with Gasteiger partial charge >= 0.3 is 6.18 Å². The van der Waals surface area contributed by atoms with Gasteiger partial charge in [-0.05, 0) is 25.0 Å². The Morgan fingerprint density at radius 3 is 2.36 bits per heavy atom. The van der Waals surface area contributed by atoms with Gasteiger partial charge in [-0.25, -0.2) is 0 Å². The number of piperidine rings is 1. The predicted octanol–water partition coefficient (Wildman–Crippen LogP) is 2.61. The number of anilines is 1. The van der Waals surface area contributed by atoms with Crippen molar-refractivity contribution < 1.29 is 18.0 Å². The van der Waals surface area contributed by atoms with Crippen LogP contribution >= 0.6 is 0 Å². The van der Waals surface area contributed by atoms with Crippen molar-refractivity contribution in [1.82, 2.24) is 9.80 Å². The maximum absolute atomic E-state index is 12.9. The lowest BCUT2D eigenvalue weighted by molar-refractivity contribution is -0.188. The third-order valence-corrected chi connectivity index (χ3v) is 5.09. The van der Waals surface area contributed by atoms with Gasteiger partial charge in [0, 0.05) is 45.0 Å². The van der Waals surface area contributed by atoms with Gasteiger partial charge in [0.05, 0.1) is 12.5 Å². The molecule has 7 heteroatoms. The third-order valence-electron chi connectivity index (χ3n) is 5.09. The predicted molar refractivity (Wildman–Crippen MR) is 90.5 cm³/mol. The summed E-state index contributed by atoms with van der Waals surface area (Å²) >= 11 is 0. The minimum Gasteiger partial charge on any atom is -0.369 e. The van der Waals surface area contributed by atoms with E-state index in [1.165, 1.54) is 4.90 Å². The van der Waals surface area contributed by atoms with Gasteiger partial charge in [-0.1, -0.05) is 18.2 Å². The Labute approximate surface area is 146 Å². The van der Waals surface area contributed by atoms with Gasteiger partial charge in [0.15, 0.2) is 0 Å². The first-order chi connectivity index (χ1) is 11.9. The molecule has 1 unspecified atom stereocenters. The van der Waals surface area contributed by atoms with Crippen LogP contribution in [0.5, 0.6) is 0 Å². The number of benzene rings is 1. The summed E-state index contributed by atoms with van der Waals surface area (Å²) in [6.45, 7) is 3.61. The van der Waals surface area contributed by atoms with Crippen LogP contribution in [0.15, 0.2) is 30.3 Å². The van der Waals surface area contributed by atoms with E-state index < -0.39 is 12.1 Å². The quantitative estimate of drug-likeness (QED) is 0.834. The topological polar surface area (TPSA) is 26.8 Å². The lowest BCUT2D eigenvalue weighted by Gasteiger charge is -2.38. The van der Waals surface area contributed by atoms with Gasteiger partial charge in [-0.2, -0.15) is 13.2 Å². The summed E-state index contributed by atoms with van der Waals surface area (Å²) in [6.07, 6.45) is -3.65. The van der Waals surface area contributed by atoms with Gasteiger partial charge < -0.3 is 9.80 Å². The molecule has 0 aliphatic carbocycles. The molecule has 3 rings (SSSR count). The third kappa shape index (κ3) is 4.66. The number of rotatable bonds is 3. The number of alkyl halides is 3. The zero-order chi connectivity index (χ0) is 17.9. The van der Waals surface area contributed by atoms with E-state index in [4.69, 9.17) is 0 Å². The molecule has 0 saturated carbocycles. The van der Waals surface area contributed by atoms with Crippen molar-refractivity contribution in [2.45, 2.75) is 19.0 Å². The molecule has 2 aliphatic rings. The molecule has 2 fully saturated rings. The van der Waals surface area contributed by atoms with Crippen LogP contribution < -0.4 is 4.90 Å². The molecule has 138 valence electrons. The SMILES string of the molecule is O=C(CN1CCN(c2ccccc2)CC1)N1CCCC(C(F)(F)F)C1. The normalized spacial score (nSPS) is 22.9. The summed E-state index contributed by atoms with van der Waals surface area (Å²) < 4.78 is 38.7. The van der Waals surface area contributed by atoms with Crippen molar-refractivity contribution in [2.75, 3.05) is 50.7 Å². The number of nitrogens with zero attached hydrogens (tertiary/aromatic N) is 3. The molecule has 2 saturated heterocycles. The van der Waals surface area contributed by atoms with Crippen LogP contribution in [0.4, 0.5) is 18.9 Å². The Hall–Kier alpha value is -1.76. The van der Waals surface area contributed by atoms with Gasteiger partial charge in [0.1, 0.15) is 0 Å². The van der Waals surface area contributed by atoms with Crippen LogP contribution in [0, 0.1) is 5.92 Å². The van der Waals surface area contributed by atoms with Gasteiger partial charge in [-0.3, -0.25) is 9.69 Å². The molecule has 1 aromatic rings. The Kier molecular flexibility index (Phi) is 5.51. The zero-order valence-electron chi connectivity index (χ0n) is 14.2. The van der Waals surface area contributed by atoms with Crippen LogP contribution in [0.3, 0.4) is 0 Å². The van der Waals surface area contributed by atoms with Crippen LogP contribution in [0.1, 0.15) is 12.8 Å². The fourth-order valence-electron chi connectivity index (χ4n) is 3.57. The standard InChI is InChI=1S/C18H24F3N3O/c19-18(20,21)15-5-4-8-24(13-15)17(25)14-22-9-11-23(12-10-22)16-6-2-1-3-7-16/h1-3,6-7,15H,4-5,8-14H2. The van der Waals surface area contributed by atoms with Gasteiger partial charge in [0.25, 0.3) is 0 Å². The number of amides is 1. The van der Waals surface area contributed by atoms with E-state index in [0.717, 1.165) is 31.9 Å². The molecule has 1 atom stereocenters. The molecule has 1 amide bonds. The summed E-state index contributed by atoms with van der Waals surface area (Å²) in [7, 11) is 0. The maximum Gasteiger partial charge on any atom is 0.393 e. The highest BCUT2D eigenvalue weighted by Gasteiger charge is 2.42. The molecule has 0 N–H and O–H groups in total. The van der Waals surface area contributed by atoms with Crippen molar-refractivity contribution in [2.24, 2.45) is 5.92 Å². The number of hydrogen-bond acceptors (Lipinski definition) is 3. The van der Waals surface area contributed by atoms with E-state index in [-0.39, 0.29) is 25.4 Å². The molecule has 2 aliphatic heterocycles. The first-order valence-electron chi connectivity index (χ1n) is 8.80. The lowest BCUT2D eigenvalue weighted by Crippen LogP contribution is -2.52. The van der Waals surface area contributed by atoms with Crippen molar-refractivity contribution in [3.63, 3.8) is 0 Å². The fraction of sp³-hybridized carbons (Fsp3) is 0.611. The summed E-state index contributed by atoms with van der Waals surface area (Å²) in [5, 5.41) is 0. The largest absolute Gasteiger partial charge is 0.393 e. The second-order valence-electron chi connectivity index (χ2n) is 6.82. The summed E-state index contributed by atoms with van der Waals surface area (Å²) in [5.74, 6) is -1.55. The summed E-state index contributed by atoms with van der Waals surface area (Å²) in [6, 6.07) is 10.1. The zero-order valence-corrected chi connectivity index (χ0v) is 14.2. The van der Waals surface area contributed by atoms with E-state index in [1.54, 1.807) is 0 Å². The van der Waals surface area contributed by atoms with Crippen LogP contribution in [0.2, 0.25) is 0 Å². The van der Waals surface area contributed by atoms with E-state index in [9.17, 15) is 18.0 Å². The molecule has 0 bridgehead atoms. The summed E-state index contributed by atoms with van der Waals surface area (Å²) in [5.41, 5.74) is 1.16. The first-order valence-corrected chi connectivity index (χ1v) is 8.80. The average molecular weight is 355 g/mol. The monoisotopic (exact) mass is 355 g/mol. The molecule has 25 heavy (non-hydrogen) atoms. The molecule has 2 heterocycles. The van der Waals surface area contributed by atoms with E-state index in [0.29, 0.717) is 13.0 Å². The van der Waals surface area contributed by atoms with Crippen molar-refractivity contribution in [3.05, 3.63) is 30.3 Å². The first kappa shape index (κ1) is 18.0. The number of likely N-dealkylation sites (tertiary alicyclic amines) is 1. The minimum absolute atomic E-state index is 0.128. The molecular weight excluding hydrogens is 331 g/mol. The molecule has 0 aromatic heterocycles. The van der Waals surface area contributed by atoms with Crippen molar-refractivity contribution in [1.29, 1.82) is 0 Å². The molecular formula is C18H24F3N3O. The van der Waals surface area contributed by atoms with Crippen LogP contribution in [0.25, 0.3) is 0 Å². The lowest BCUT2D eigenvalue weighted by atomic mass is 9.97. The molecule has 1 aromatic carbocycles. The summed E-state index contributed by atoms with van der Waals surface area (Å²) in [4.78, 5) is 18.1. The average Bonchev–Trinajstić information content (AvgIpc) is 2.62. The smallest absolute Gasteiger partial charge is 0.369 e. The molecule has 0 radical (unpaired) electrons. The van der Waals surface area contributed by atoms with Crippen molar-refractivity contribution in [3.8, 4) is 0 Å². The van der Waals surface area contributed by atoms with Crippen LogP contribution in [-0.4, -0.2) is 67.7 Å². The Morgan fingerprint density at radius 1 is 1.04 bits per heavy atom. The Morgan fingerprint density at radius 2 is 1.72 bits per heavy atom. The van der Waals surface area contributed by atoms with Crippen molar-refractivity contribution >= 4 is 11.6 Å². The van der Waals surface area contributed by atoms with Gasteiger partial charge in [0.2, 0.25) is 5.91 Å². The fourth-order valence-corrected chi connectivity index (χ4v) is 3.57. The highest BCUT2D eigenvalue weighted by atomic mass is 19.4. The van der Waals surface area contributed by atoms with E-state index in [2.05, 4.69) is 17.0 Å². The second-order valence-corrected chi connectivity index (χ2v) is 6.82. The number of para-hydroxylation sites is 1. The Bertz CT molecular complexity index is 571. The number of piperazine rings is 1. The number of carbonyl (C=O) groups is 1. The highest BCUT2D eigenvalue weighted by Crippen LogP contribution is 2.33. The Balaban J connectivity index is 1.48. The number of hydrogen-bond donors (Lipinski definition) is 0. The maximum atomic E-state index is 12.9. The molecule has 0 spiro atoms. The van der Waals surface area contributed by atoms with E-state index in [1.807, 2.05) is 23.1 Å².